The minimum atomic E-state index is -0.0393. The number of likely N-dealkylation sites (tertiary alicyclic amines) is 1. The zero-order valence-electron chi connectivity index (χ0n) is 17.6. The lowest BCUT2D eigenvalue weighted by atomic mass is 9.87. The average molecular weight is 418 g/mol. The van der Waals surface area contributed by atoms with Crippen LogP contribution in [0.25, 0.3) is 11.4 Å². The Kier molecular flexibility index (Phi) is 5.74. The highest BCUT2D eigenvalue weighted by Gasteiger charge is 2.40. The number of rotatable bonds is 5. The van der Waals surface area contributed by atoms with Crippen LogP contribution in [0, 0.1) is 5.92 Å². The van der Waals surface area contributed by atoms with Gasteiger partial charge in [0.15, 0.2) is 0 Å². The SMILES string of the molecule is O=C(CC1CCCCC1)N1C[C@@H](c2cccnc2)[C@H](c2nc(-c3ccncc3)no2)C1. The second-order valence-electron chi connectivity index (χ2n) is 8.70. The second-order valence-corrected chi connectivity index (χ2v) is 8.70. The van der Waals surface area contributed by atoms with Crippen LogP contribution in [-0.2, 0) is 4.79 Å². The van der Waals surface area contributed by atoms with Gasteiger partial charge in [0.2, 0.25) is 17.6 Å². The van der Waals surface area contributed by atoms with E-state index in [1.165, 1.54) is 32.1 Å². The smallest absolute Gasteiger partial charge is 0.232 e. The van der Waals surface area contributed by atoms with Gasteiger partial charge in [-0.2, -0.15) is 4.98 Å². The summed E-state index contributed by atoms with van der Waals surface area (Å²) in [4.78, 5) is 28.2. The van der Waals surface area contributed by atoms with Gasteiger partial charge in [0.25, 0.3) is 0 Å². The maximum Gasteiger partial charge on any atom is 0.232 e. The zero-order valence-corrected chi connectivity index (χ0v) is 17.6. The molecule has 0 spiro atoms. The number of carbonyl (C=O) groups excluding carboxylic acids is 1. The Labute approximate surface area is 181 Å². The summed E-state index contributed by atoms with van der Waals surface area (Å²) >= 11 is 0. The summed E-state index contributed by atoms with van der Waals surface area (Å²) in [5.41, 5.74) is 1.97. The summed E-state index contributed by atoms with van der Waals surface area (Å²) in [5, 5.41) is 4.19. The number of pyridine rings is 2. The van der Waals surface area contributed by atoms with Crippen molar-refractivity contribution in [2.45, 2.75) is 50.4 Å². The Bertz CT molecular complexity index is 1000. The van der Waals surface area contributed by atoms with E-state index in [9.17, 15) is 4.79 Å². The van der Waals surface area contributed by atoms with E-state index in [4.69, 9.17) is 4.52 Å². The molecule has 160 valence electrons. The largest absolute Gasteiger partial charge is 0.341 e. The number of aromatic nitrogens is 4. The van der Waals surface area contributed by atoms with E-state index in [1.54, 1.807) is 18.6 Å². The van der Waals surface area contributed by atoms with E-state index < -0.39 is 0 Å². The maximum absolute atomic E-state index is 13.1. The van der Waals surface area contributed by atoms with E-state index >= 15 is 0 Å². The van der Waals surface area contributed by atoms with Crippen LogP contribution in [-0.4, -0.2) is 44.0 Å². The summed E-state index contributed by atoms with van der Waals surface area (Å²) in [6, 6.07) is 7.73. The van der Waals surface area contributed by atoms with Crippen molar-refractivity contribution in [2.24, 2.45) is 5.92 Å². The van der Waals surface area contributed by atoms with Crippen molar-refractivity contribution in [1.82, 2.24) is 25.0 Å². The first-order chi connectivity index (χ1) is 15.3. The lowest BCUT2D eigenvalue weighted by molar-refractivity contribution is -0.131. The summed E-state index contributed by atoms with van der Waals surface area (Å²) < 4.78 is 5.69. The van der Waals surface area contributed by atoms with Gasteiger partial charge in [-0.05, 0) is 42.5 Å². The lowest BCUT2D eigenvalue weighted by Crippen LogP contribution is -2.30. The van der Waals surface area contributed by atoms with Crippen LogP contribution < -0.4 is 0 Å². The van der Waals surface area contributed by atoms with E-state index in [0.717, 1.165) is 11.1 Å². The number of carbonyl (C=O) groups is 1. The Hall–Kier alpha value is -3.09. The van der Waals surface area contributed by atoms with Gasteiger partial charge in [0, 0.05) is 55.8 Å². The molecule has 0 radical (unpaired) electrons. The topological polar surface area (TPSA) is 85.0 Å². The van der Waals surface area contributed by atoms with E-state index in [2.05, 4.69) is 26.2 Å². The summed E-state index contributed by atoms with van der Waals surface area (Å²) in [5.74, 6) is 1.95. The first-order valence-corrected chi connectivity index (χ1v) is 11.2. The van der Waals surface area contributed by atoms with Crippen LogP contribution in [0.2, 0.25) is 0 Å². The van der Waals surface area contributed by atoms with Gasteiger partial charge in [-0.1, -0.05) is 30.5 Å². The van der Waals surface area contributed by atoms with Gasteiger partial charge >= 0.3 is 0 Å². The number of nitrogens with zero attached hydrogens (tertiary/aromatic N) is 5. The van der Waals surface area contributed by atoms with Crippen molar-refractivity contribution in [1.29, 1.82) is 0 Å². The second kappa shape index (κ2) is 8.96. The van der Waals surface area contributed by atoms with Crippen molar-refractivity contribution in [3.63, 3.8) is 0 Å². The predicted octanol–water partition coefficient (Wildman–Crippen LogP) is 4.21. The molecule has 3 aromatic rings. The van der Waals surface area contributed by atoms with Gasteiger partial charge < -0.3 is 9.42 Å². The molecule has 0 bridgehead atoms. The van der Waals surface area contributed by atoms with Gasteiger partial charge in [0.1, 0.15) is 0 Å². The Morgan fingerprint density at radius 1 is 1.00 bits per heavy atom. The molecule has 1 aliphatic heterocycles. The van der Waals surface area contributed by atoms with Crippen molar-refractivity contribution in [3.8, 4) is 11.4 Å². The van der Waals surface area contributed by atoms with Crippen LogP contribution in [0.1, 0.15) is 61.8 Å². The fourth-order valence-corrected chi connectivity index (χ4v) is 4.96. The molecule has 2 atom stereocenters. The average Bonchev–Trinajstić information content (AvgIpc) is 3.49. The van der Waals surface area contributed by atoms with Crippen LogP contribution in [0.4, 0.5) is 0 Å². The normalized spacial score (nSPS) is 22.0. The molecule has 2 aliphatic rings. The molecule has 1 saturated heterocycles. The lowest BCUT2D eigenvalue weighted by Gasteiger charge is -2.24. The molecule has 31 heavy (non-hydrogen) atoms. The molecule has 2 fully saturated rings. The Morgan fingerprint density at radius 2 is 1.81 bits per heavy atom. The summed E-state index contributed by atoms with van der Waals surface area (Å²) in [7, 11) is 0. The molecule has 3 aromatic heterocycles. The molecular formula is C24H27N5O2. The number of hydrogen-bond acceptors (Lipinski definition) is 6. The number of amides is 1. The first kappa shape index (κ1) is 19.8. The highest BCUT2D eigenvalue weighted by molar-refractivity contribution is 5.77. The fourth-order valence-electron chi connectivity index (χ4n) is 4.96. The molecule has 0 aromatic carbocycles. The summed E-state index contributed by atoms with van der Waals surface area (Å²) in [6.07, 6.45) is 13.9. The monoisotopic (exact) mass is 417 g/mol. The molecule has 5 rings (SSSR count). The molecular weight excluding hydrogens is 390 g/mol. The Morgan fingerprint density at radius 3 is 2.58 bits per heavy atom. The molecule has 0 N–H and O–H groups in total. The van der Waals surface area contributed by atoms with E-state index in [1.807, 2.05) is 29.3 Å². The van der Waals surface area contributed by atoms with Crippen molar-refractivity contribution < 1.29 is 9.32 Å². The van der Waals surface area contributed by atoms with E-state index in [0.29, 0.717) is 37.1 Å². The van der Waals surface area contributed by atoms with Gasteiger partial charge in [-0.25, -0.2) is 0 Å². The molecule has 1 amide bonds. The van der Waals surface area contributed by atoms with Crippen LogP contribution in [0.3, 0.4) is 0 Å². The van der Waals surface area contributed by atoms with Crippen LogP contribution >= 0.6 is 0 Å². The fraction of sp³-hybridized carbons (Fsp3) is 0.458. The molecule has 1 aliphatic carbocycles. The third-order valence-corrected chi connectivity index (χ3v) is 6.67. The number of hydrogen-bond donors (Lipinski definition) is 0. The van der Waals surface area contributed by atoms with Gasteiger partial charge in [-0.3, -0.25) is 14.8 Å². The Balaban J connectivity index is 1.38. The molecule has 0 unspecified atom stereocenters. The van der Waals surface area contributed by atoms with Gasteiger partial charge in [-0.15, -0.1) is 0 Å². The minimum Gasteiger partial charge on any atom is -0.341 e. The standard InChI is InChI=1S/C24H27N5O2/c30-22(13-17-5-2-1-3-6-17)29-15-20(19-7-4-10-26-14-19)21(16-29)24-27-23(28-31-24)18-8-11-25-12-9-18/h4,7-12,14,17,20-21H,1-3,5-6,13,15-16H2/t20-,21+/m0/s1. The quantitative estimate of drug-likeness (QED) is 0.618. The third kappa shape index (κ3) is 4.36. The summed E-state index contributed by atoms with van der Waals surface area (Å²) in [6.45, 7) is 1.26. The highest BCUT2D eigenvalue weighted by Crippen LogP contribution is 2.40. The van der Waals surface area contributed by atoms with E-state index in [-0.39, 0.29) is 17.7 Å². The third-order valence-electron chi connectivity index (χ3n) is 6.67. The van der Waals surface area contributed by atoms with Crippen molar-refractivity contribution in [3.05, 3.63) is 60.5 Å². The molecule has 7 nitrogen and oxygen atoms in total. The van der Waals surface area contributed by atoms with Crippen LogP contribution in [0.15, 0.2) is 53.6 Å². The van der Waals surface area contributed by atoms with Crippen molar-refractivity contribution >= 4 is 5.91 Å². The molecule has 4 heterocycles. The minimum absolute atomic E-state index is 0.0393. The maximum atomic E-state index is 13.1. The molecule has 1 saturated carbocycles. The van der Waals surface area contributed by atoms with Gasteiger partial charge in [0.05, 0.1) is 5.92 Å². The van der Waals surface area contributed by atoms with Crippen molar-refractivity contribution in [2.75, 3.05) is 13.1 Å². The van der Waals surface area contributed by atoms with Crippen LogP contribution in [0.5, 0.6) is 0 Å². The zero-order chi connectivity index (χ0) is 21.0. The predicted molar refractivity (Wildman–Crippen MR) is 115 cm³/mol. The molecule has 7 heteroatoms. The highest BCUT2D eigenvalue weighted by atomic mass is 16.5. The first-order valence-electron chi connectivity index (χ1n) is 11.2.